The largest absolute Gasteiger partial charge is 0.487 e. The Morgan fingerprint density at radius 3 is 2.27 bits per heavy atom. The predicted molar refractivity (Wildman–Crippen MR) is 192 cm³/mol. The number of alkyl halides is 3. The number of nitrogens with zero attached hydrogens (tertiary/aromatic N) is 6. The van der Waals surface area contributed by atoms with Gasteiger partial charge in [-0.05, 0) is 95.0 Å². The number of aliphatic hydroxyl groups excluding tert-OH is 1. The number of benzene rings is 1. The van der Waals surface area contributed by atoms with E-state index < -0.39 is 23.2 Å². The Morgan fingerprint density at radius 1 is 0.962 bits per heavy atom. The van der Waals surface area contributed by atoms with Crippen LogP contribution in [0.1, 0.15) is 69.3 Å². The zero-order valence-electron chi connectivity index (χ0n) is 29.7. The molecule has 2 N–H and O–H groups in total. The lowest BCUT2D eigenvalue weighted by molar-refractivity contribution is -0.0964. The first-order chi connectivity index (χ1) is 24.7. The van der Waals surface area contributed by atoms with Crippen molar-refractivity contribution in [1.82, 2.24) is 24.6 Å². The Kier molecular flexibility index (Phi) is 10.1. The van der Waals surface area contributed by atoms with E-state index in [9.17, 15) is 23.5 Å². The maximum Gasteiger partial charge on any atom is 0.487 e. The number of hydrogen-bond acceptors (Lipinski definition) is 9. The molecule has 15 heteroatoms. The van der Waals surface area contributed by atoms with Gasteiger partial charge in [-0.15, -0.1) is 8.78 Å². The third-order valence-corrected chi connectivity index (χ3v) is 10.7. The molecule has 1 unspecified atom stereocenters. The second-order valence-corrected chi connectivity index (χ2v) is 16.0. The average molecular weight is 742 g/mol. The Labute approximate surface area is 307 Å². The van der Waals surface area contributed by atoms with Crippen molar-refractivity contribution in [3.05, 3.63) is 54.5 Å². The molecule has 4 atom stereocenters. The van der Waals surface area contributed by atoms with Gasteiger partial charge in [0, 0.05) is 86.1 Å². The second kappa shape index (κ2) is 14.4. The number of halogens is 3. The van der Waals surface area contributed by atoms with Gasteiger partial charge < -0.3 is 34.6 Å². The molecule has 3 saturated heterocycles. The molecule has 1 aliphatic carbocycles. The molecule has 1 aromatic carbocycles. The van der Waals surface area contributed by atoms with Gasteiger partial charge in [0.2, 0.25) is 0 Å². The van der Waals surface area contributed by atoms with Crippen LogP contribution in [-0.4, -0.2) is 104 Å². The molecule has 52 heavy (non-hydrogen) atoms. The topological polar surface area (TPSA) is 125 Å². The number of nitrogens with one attached hydrogen (secondary N) is 1. The zero-order chi connectivity index (χ0) is 36.8. The smallest absolute Gasteiger partial charge is 0.444 e. The van der Waals surface area contributed by atoms with Gasteiger partial charge in [-0.2, -0.15) is 5.10 Å². The summed E-state index contributed by atoms with van der Waals surface area (Å²) in [4.78, 5) is 37.1. The van der Waals surface area contributed by atoms with E-state index in [2.05, 4.69) is 19.9 Å². The van der Waals surface area contributed by atoms with Gasteiger partial charge in [-0.25, -0.2) is 9.78 Å². The van der Waals surface area contributed by atoms with Crippen LogP contribution >= 0.6 is 11.6 Å². The molecule has 12 nitrogen and oxygen atoms in total. The van der Waals surface area contributed by atoms with Crippen LogP contribution in [0, 0.1) is 11.8 Å². The minimum atomic E-state index is -3.84. The van der Waals surface area contributed by atoms with E-state index in [1.807, 2.05) is 41.4 Å². The normalized spacial score (nSPS) is 24.3. The van der Waals surface area contributed by atoms with Crippen molar-refractivity contribution in [2.45, 2.75) is 82.2 Å². The third-order valence-electron chi connectivity index (χ3n) is 10.6. The Morgan fingerprint density at radius 2 is 1.65 bits per heavy atom. The van der Waals surface area contributed by atoms with Gasteiger partial charge >= 0.3 is 11.7 Å². The van der Waals surface area contributed by atoms with Crippen molar-refractivity contribution in [2.75, 3.05) is 49.5 Å². The number of carbonyl (C=O) groups is 2. The Bertz CT molecular complexity index is 1740. The maximum absolute atomic E-state index is 13.3. The van der Waals surface area contributed by atoms with E-state index >= 15 is 0 Å². The number of aromatic nitrogens is 3. The van der Waals surface area contributed by atoms with Gasteiger partial charge in [0.05, 0.1) is 23.9 Å². The summed E-state index contributed by atoms with van der Waals surface area (Å²) in [6.45, 7) is 10.3. The van der Waals surface area contributed by atoms with Crippen molar-refractivity contribution < 1.29 is 33.0 Å². The van der Waals surface area contributed by atoms with Crippen LogP contribution in [0.3, 0.4) is 0 Å². The number of likely N-dealkylation sites (tertiary alicyclic amines) is 2. The van der Waals surface area contributed by atoms with Crippen molar-refractivity contribution in [3.8, 4) is 16.9 Å². The average Bonchev–Trinajstić information content (AvgIpc) is 3.89. The molecule has 5 heterocycles. The van der Waals surface area contributed by atoms with Crippen molar-refractivity contribution in [1.29, 1.82) is 0 Å². The molecule has 7 rings (SSSR count). The number of pyridine rings is 1. The first-order valence-corrected chi connectivity index (χ1v) is 18.4. The fraction of sp³-hybridized carbons (Fsp3) is 0.568. The monoisotopic (exact) mass is 741 g/mol. The van der Waals surface area contributed by atoms with E-state index in [4.69, 9.17) is 21.4 Å². The predicted octanol–water partition coefficient (Wildman–Crippen LogP) is 6.22. The molecule has 2 aromatic heterocycles. The molecule has 1 saturated carbocycles. The minimum Gasteiger partial charge on any atom is -0.444 e. The highest BCUT2D eigenvalue weighted by Gasteiger charge is 2.45. The number of piperidine rings is 1. The summed E-state index contributed by atoms with van der Waals surface area (Å²) in [7, 11) is 0. The van der Waals surface area contributed by atoms with E-state index in [0.29, 0.717) is 54.5 Å². The van der Waals surface area contributed by atoms with Crippen LogP contribution in [-0.2, 0) is 4.74 Å². The zero-order valence-corrected chi connectivity index (χ0v) is 30.4. The van der Waals surface area contributed by atoms with Gasteiger partial charge in [0.25, 0.3) is 5.91 Å². The van der Waals surface area contributed by atoms with Crippen molar-refractivity contribution in [2.24, 2.45) is 11.8 Å². The number of aliphatic hydroxyl groups is 1. The lowest BCUT2D eigenvalue weighted by Crippen LogP contribution is -2.42. The summed E-state index contributed by atoms with van der Waals surface area (Å²) in [5.74, 6) is 1.15. The molecule has 280 valence electrons. The van der Waals surface area contributed by atoms with Gasteiger partial charge in [0.15, 0.2) is 0 Å². The van der Waals surface area contributed by atoms with Gasteiger partial charge in [-0.1, -0.05) is 0 Å². The highest BCUT2D eigenvalue weighted by molar-refractivity contribution is 6.20. The summed E-state index contributed by atoms with van der Waals surface area (Å²) >= 11 is 4.85. The molecule has 0 radical (unpaired) electrons. The number of fused-ring (bicyclic) bond motifs is 1. The number of hydrogen-bond donors (Lipinski definition) is 2. The van der Waals surface area contributed by atoms with Crippen molar-refractivity contribution in [3.63, 3.8) is 0 Å². The molecular weight excluding hydrogens is 696 g/mol. The highest BCUT2D eigenvalue weighted by atomic mass is 35.5. The second-order valence-electron chi connectivity index (χ2n) is 15.5. The standard InChI is InChI=1S/C37H46ClF2N7O5/c1-36(2,3)52-35(50)46-19-24-14-29(15-25(24)20-46)44-11-8-28(9-12-44)47-21-26(18-42-47)32-16-23(17-41-33(32)45-13-10-30(48)22-45)34(49)43-27-4-6-31(7-5-27)51-37(38,39)40/h4-7,16-18,21,24-25,28-30,48H,8-15,19-20,22H2,1-3H3,(H,43,49)/t24-,25+,29?,30-/m1/s1. The first kappa shape index (κ1) is 36.4. The molecule has 0 bridgehead atoms. The molecule has 4 fully saturated rings. The summed E-state index contributed by atoms with van der Waals surface area (Å²) in [5, 5.41) is 17.8. The summed E-state index contributed by atoms with van der Waals surface area (Å²) < 4.78 is 38.0. The molecular formula is C37H46ClF2N7O5. The minimum absolute atomic E-state index is 0.143. The number of ether oxygens (including phenoxy) is 2. The summed E-state index contributed by atoms with van der Waals surface area (Å²) in [5.41, 5.74) is -2.08. The summed E-state index contributed by atoms with van der Waals surface area (Å²) in [6, 6.07) is 8.00. The van der Waals surface area contributed by atoms with Crippen LogP contribution in [0.4, 0.5) is 25.1 Å². The Hall–Kier alpha value is -4.01. The highest BCUT2D eigenvalue weighted by Crippen LogP contribution is 2.42. The van der Waals surface area contributed by atoms with E-state index in [-0.39, 0.29) is 17.9 Å². The number of amides is 2. The molecule has 3 aromatic rings. The molecule has 3 aliphatic heterocycles. The fourth-order valence-corrected chi connectivity index (χ4v) is 8.25. The number of rotatable bonds is 8. The van der Waals surface area contributed by atoms with Crippen LogP contribution < -0.4 is 15.0 Å². The summed E-state index contributed by atoms with van der Waals surface area (Å²) in [6.07, 6.45) is 9.44. The van der Waals surface area contributed by atoms with Crippen molar-refractivity contribution >= 4 is 35.1 Å². The van der Waals surface area contributed by atoms with Crippen LogP contribution in [0.2, 0.25) is 0 Å². The van der Waals surface area contributed by atoms with E-state index in [0.717, 1.165) is 63.0 Å². The molecule has 2 amide bonds. The lowest BCUT2D eigenvalue weighted by Gasteiger charge is -2.36. The van der Waals surface area contributed by atoms with Gasteiger partial charge in [-0.3, -0.25) is 9.48 Å². The van der Waals surface area contributed by atoms with Crippen LogP contribution in [0.25, 0.3) is 11.1 Å². The SMILES string of the molecule is CC(C)(C)OC(=O)N1C[C@H]2CC(N3CCC(n4cc(-c5cc(C(=O)Nc6ccc(OC(F)(F)Cl)cc6)cnc5N5CC[C@@H](O)C5)cn4)CC3)C[C@H]2C1. The number of anilines is 2. The van der Waals surface area contributed by atoms with Gasteiger partial charge in [0.1, 0.15) is 17.2 Å². The number of β-amino-alcohol motifs (C(OH)–C–C–N with tert-alkyl or cyclic N) is 1. The van der Waals surface area contributed by atoms with E-state index in [1.165, 1.54) is 30.5 Å². The molecule has 4 aliphatic rings. The molecule has 0 spiro atoms. The number of carbonyl (C=O) groups excluding carboxylic acids is 2. The van der Waals surface area contributed by atoms with Crippen LogP contribution in [0.5, 0.6) is 5.75 Å². The Balaban J connectivity index is 0.993. The third kappa shape index (κ3) is 8.44. The fourth-order valence-electron chi connectivity index (χ4n) is 8.16. The first-order valence-electron chi connectivity index (χ1n) is 18.0. The van der Waals surface area contributed by atoms with E-state index in [1.54, 1.807) is 12.3 Å². The lowest BCUT2D eigenvalue weighted by atomic mass is 10.0. The van der Waals surface area contributed by atoms with Crippen LogP contribution in [0.15, 0.2) is 48.9 Å². The maximum atomic E-state index is 13.3. The quantitative estimate of drug-likeness (QED) is 0.259.